The van der Waals surface area contributed by atoms with Crippen LogP contribution < -0.4 is 9.64 Å². The number of rotatable bonds is 7. The van der Waals surface area contributed by atoms with Crippen LogP contribution in [-0.4, -0.2) is 23.7 Å². The third-order valence-corrected chi connectivity index (χ3v) is 5.40. The first-order valence-corrected chi connectivity index (χ1v) is 10.0. The van der Waals surface area contributed by atoms with Crippen molar-refractivity contribution in [1.82, 2.24) is 0 Å². The van der Waals surface area contributed by atoms with Crippen molar-refractivity contribution in [3.8, 4) is 16.9 Å². The molecule has 0 spiro atoms. The molecule has 4 rings (SSSR count). The molecule has 3 aromatic rings. The fourth-order valence-electron chi connectivity index (χ4n) is 3.96. The van der Waals surface area contributed by atoms with Gasteiger partial charge in [-0.25, -0.2) is 0 Å². The molecule has 0 unspecified atom stereocenters. The molecule has 1 saturated heterocycles. The zero-order valence-corrected chi connectivity index (χ0v) is 16.3. The van der Waals surface area contributed by atoms with E-state index in [1.807, 2.05) is 42.5 Å². The van der Waals surface area contributed by atoms with Gasteiger partial charge >= 0.3 is 5.97 Å². The minimum Gasteiger partial charge on any atom is -0.489 e. The van der Waals surface area contributed by atoms with Crippen LogP contribution in [-0.2, 0) is 11.4 Å². The highest BCUT2D eigenvalue weighted by atomic mass is 16.5. The summed E-state index contributed by atoms with van der Waals surface area (Å²) in [5.41, 5.74) is 4.51. The van der Waals surface area contributed by atoms with Gasteiger partial charge in [-0.15, -0.1) is 0 Å². The molecule has 0 saturated carbocycles. The maximum Gasteiger partial charge on any atom is 0.305 e. The molecular weight excluding hydrogens is 362 g/mol. The van der Waals surface area contributed by atoms with E-state index in [2.05, 4.69) is 41.3 Å². The highest BCUT2D eigenvalue weighted by Gasteiger charge is 2.26. The third-order valence-electron chi connectivity index (χ3n) is 5.40. The zero-order chi connectivity index (χ0) is 20.1. The van der Waals surface area contributed by atoms with Gasteiger partial charge in [0, 0.05) is 18.3 Å². The Morgan fingerprint density at radius 3 is 2.48 bits per heavy atom. The largest absolute Gasteiger partial charge is 0.489 e. The van der Waals surface area contributed by atoms with E-state index >= 15 is 0 Å². The van der Waals surface area contributed by atoms with Gasteiger partial charge in [0.05, 0.1) is 6.42 Å². The molecule has 0 amide bonds. The van der Waals surface area contributed by atoms with Gasteiger partial charge in [0.15, 0.2) is 0 Å². The van der Waals surface area contributed by atoms with Crippen LogP contribution in [0.5, 0.6) is 5.75 Å². The summed E-state index contributed by atoms with van der Waals surface area (Å²) in [6.45, 7) is 1.39. The number of benzene rings is 3. The van der Waals surface area contributed by atoms with E-state index in [0.29, 0.717) is 6.61 Å². The molecule has 0 radical (unpaired) electrons. The van der Waals surface area contributed by atoms with Crippen LogP contribution >= 0.6 is 0 Å². The zero-order valence-electron chi connectivity index (χ0n) is 16.3. The molecule has 1 N–H and O–H groups in total. The maximum absolute atomic E-state index is 11.1. The average Bonchev–Trinajstić information content (AvgIpc) is 3.21. The number of hydrogen-bond acceptors (Lipinski definition) is 3. The molecule has 0 bridgehead atoms. The molecule has 1 aliphatic heterocycles. The molecule has 1 aliphatic rings. The predicted molar refractivity (Wildman–Crippen MR) is 115 cm³/mol. The summed E-state index contributed by atoms with van der Waals surface area (Å²) in [5.74, 6) is 0.0975. The minimum absolute atomic E-state index is 0.0780. The van der Waals surface area contributed by atoms with E-state index in [0.717, 1.165) is 36.4 Å². The number of ether oxygens (including phenoxy) is 1. The van der Waals surface area contributed by atoms with Crippen LogP contribution in [0.15, 0.2) is 78.9 Å². The van der Waals surface area contributed by atoms with Crippen LogP contribution in [0.4, 0.5) is 5.69 Å². The van der Waals surface area contributed by atoms with Crippen LogP contribution in [0.2, 0.25) is 0 Å². The summed E-state index contributed by atoms with van der Waals surface area (Å²) in [5, 5.41) is 9.15. The fraction of sp³-hybridized carbons (Fsp3) is 0.240. The molecule has 3 aromatic carbocycles. The first kappa shape index (κ1) is 19.1. The summed E-state index contributed by atoms with van der Waals surface area (Å²) in [4.78, 5) is 13.3. The van der Waals surface area contributed by atoms with Crippen molar-refractivity contribution in [1.29, 1.82) is 0 Å². The van der Waals surface area contributed by atoms with E-state index in [4.69, 9.17) is 9.84 Å². The number of anilines is 1. The van der Waals surface area contributed by atoms with Gasteiger partial charge in [0.2, 0.25) is 0 Å². The second-order valence-corrected chi connectivity index (χ2v) is 7.44. The maximum atomic E-state index is 11.1. The monoisotopic (exact) mass is 387 g/mol. The van der Waals surface area contributed by atoms with Crippen molar-refractivity contribution in [2.75, 3.05) is 11.4 Å². The van der Waals surface area contributed by atoms with Crippen molar-refractivity contribution in [2.24, 2.45) is 0 Å². The number of carboxylic acids is 1. The topological polar surface area (TPSA) is 49.8 Å². The lowest BCUT2D eigenvalue weighted by Crippen LogP contribution is -2.31. The highest BCUT2D eigenvalue weighted by Crippen LogP contribution is 2.28. The Bertz CT molecular complexity index is 953. The van der Waals surface area contributed by atoms with Crippen molar-refractivity contribution in [2.45, 2.75) is 31.9 Å². The van der Waals surface area contributed by atoms with Crippen LogP contribution in [0.1, 0.15) is 24.8 Å². The van der Waals surface area contributed by atoms with Crippen molar-refractivity contribution >= 4 is 11.7 Å². The number of nitrogens with zero attached hydrogens (tertiary/aromatic N) is 1. The molecule has 0 aromatic heterocycles. The van der Waals surface area contributed by atoms with Crippen LogP contribution in [0, 0.1) is 0 Å². The predicted octanol–water partition coefficient (Wildman–Crippen LogP) is 5.38. The van der Waals surface area contributed by atoms with E-state index in [-0.39, 0.29) is 12.5 Å². The van der Waals surface area contributed by atoms with Gasteiger partial charge in [-0.3, -0.25) is 4.79 Å². The fourth-order valence-corrected chi connectivity index (χ4v) is 3.96. The number of carbonyl (C=O) groups is 1. The van der Waals surface area contributed by atoms with Gasteiger partial charge in [-0.05, 0) is 53.8 Å². The summed E-state index contributed by atoms with van der Waals surface area (Å²) < 4.78 is 5.98. The Balaban J connectivity index is 1.40. The number of carboxylic acid groups (broad SMARTS) is 1. The molecule has 148 valence electrons. The SMILES string of the molecule is O=C(O)C[C@@H]1CCCN1c1cccc(COc2ccc(-c3ccccc3)cc2)c1. The first-order chi connectivity index (χ1) is 14.2. The summed E-state index contributed by atoms with van der Waals surface area (Å²) in [6, 6.07) is 26.7. The number of hydrogen-bond donors (Lipinski definition) is 1. The van der Waals surface area contributed by atoms with E-state index < -0.39 is 5.97 Å². The lowest BCUT2D eigenvalue weighted by atomic mass is 10.1. The molecule has 1 fully saturated rings. The van der Waals surface area contributed by atoms with Gasteiger partial charge in [-0.2, -0.15) is 0 Å². The molecular formula is C25H25NO3. The summed E-state index contributed by atoms with van der Waals surface area (Å²) in [7, 11) is 0. The standard InChI is InChI=1S/C25H25NO3/c27-25(28)17-23-10-5-15-26(23)22-9-4-6-19(16-22)18-29-24-13-11-21(12-14-24)20-7-2-1-3-8-20/h1-4,6-9,11-14,16,23H,5,10,15,17-18H2,(H,27,28)/t23-/m0/s1. The Labute approximate surface area is 171 Å². The van der Waals surface area contributed by atoms with Crippen molar-refractivity contribution < 1.29 is 14.6 Å². The van der Waals surface area contributed by atoms with Crippen LogP contribution in [0.3, 0.4) is 0 Å². The summed E-state index contributed by atoms with van der Waals surface area (Å²) in [6.07, 6.45) is 2.15. The average molecular weight is 387 g/mol. The van der Waals surface area contributed by atoms with E-state index in [1.54, 1.807) is 0 Å². The third kappa shape index (κ3) is 4.77. The summed E-state index contributed by atoms with van der Waals surface area (Å²) >= 11 is 0. The molecule has 0 aliphatic carbocycles. The van der Waals surface area contributed by atoms with E-state index in [9.17, 15) is 4.79 Å². The molecule has 4 heteroatoms. The molecule has 1 atom stereocenters. The van der Waals surface area contributed by atoms with Gasteiger partial charge < -0.3 is 14.7 Å². The Kier molecular flexibility index (Phi) is 5.80. The Morgan fingerprint density at radius 2 is 1.72 bits per heavy atom. The Morgan fingerprint density at radius 1 is 0.966 bits per heavy atom. The van der Waals surface area contributed by atoms with Gasteiger partial charge in [0.1, 0.15) is 12.4 Å². The second-order valence-electron chi connectivity index (χ2n) is 7.44. The van der Waals surface area contributed by atoms with Gasteiger partial charge in [0.25, 0.3) is 0 Å². The lowest BCUT2D eigenvalue weighted by Gasteiger charge is -2.26. The van der Waals surface area contributed by atoms with Crippen molar-refractivity contribution in [3.05, 3.63) is 84.4 Å². The Hall–Kier alpha value is -3.27. The van der Waals surface area contributed by atoms with Crippen molar-refractivity contribution in [3.63, 3.8) is 0 Å². The molecule has 4 nitrogen and oxygen atoms in total. The number of aliphatic carboxylic acids is 1. The van der Waals surface area contributed by atoms with Crippen LogP contribution in [0.25, 0.3) is 11.1 Å². The lowest BCUT2D eigenvalue weighted by molar-refractivity contribution is -0.137. The first-order valence-electron chi connectivity index (χ1n) is 10.0. The second kappa shape index (κ2) is 8.82. The van der Waals surface area contributed by atoms with Gasteiger partial charge in [-0.1, -0.05) is 54.6 Å². The quantitative estimate of drug-likeness (QED) is 0.592. The minimum atomic E-state index is -0.736. The molecule has 1 heterocycles. The normalized spacial score (nSPS) is 16.0. The molecule has 29 heavy (non-hydrogen) atoms. The highest BCUT2D eigenvalue weighted by molar-refractivity contribution is 5.69. The smallest absolute Gasteiger partial charge is 0.305 e. The van der Waals surface area contributed by atoms with E-state index in [1.165, 1.54) is 11.1 Å².